The highest BCUT2D eigenvalue weighted by Gasteiger charge is 2.29. The molecule has 1 heterocycles. The molecule has 2 N–H and O–H groups in total. The third kappa shape index (κ3) is 3.92. The van der Waals surface area contributed by atoms with Crippen LogP contribution in [-0.4, -0.2) is 37.0 Å². The van der Waals surface area contributed by atoms with Gasteiger partial charge in [-0.25, -0.2) is 4.39 Å². The van der Waals surface area contributed by atoms with Gasteiger partial charge in [-0.3, -0.25) is 0 Å². The highest BCUT2D eigenvalue weighted by molar-refractivity contribution is 5.85. The first-order chi connectivity index (χ1) is 7.70. The van der Waals surface area contributed by atoms with E-state index in [0.29, 0.717) is 18.7 Å². The monoisotopic (exact) mass is 261 g/mol. The van der Waals surface area contributed by atoms with E-state index in [4.69, 9.17) is 4.74 Å². The Hall–Kier alpha value is -0.680. The molecule has 0 bridgehead atoms. The van der Waals surface area contributed by atoms with E-state index in [1.807, 2.05) is 0 Å². The molecule has 1 aromatic rings. The minimum Gasteiger partial charge on any atom is -0.386 e. The van der Waals surface area contributed by atoms with Crippen molar-refractivity contribution in [3.63, 3.8) is 0 Å². The summed E-state index contributed by atoms with van der Waals surface area (Å²) in [5, 5.41) is 13.4. The lowest BCUT2D eigenvalue weighted by atomic mass is 9.95. The van der Waals surface area contributed by atoms with E-state index in [1.54, 1.807) is 18.2 Å². The van der Waals surface area contributed by atoms with E-state index in [2.05, 4.69) is 5.32 Å². The molecule has 1 saturated heterocycles. The first-order valence-corrected chi connectivity index (χ1v) is 5.44. The van der Waals surface area contributed by atoms with Crippen LogP contribution in [0.2, 0.25) is 0 Å². The van der Waals surface area contributed by atoms with Gasteiger partial charge >= 0.3 is 0 Å². The predicted octanol–water partition coefficient (Wildman–Crippen LogP) is 1.14. The van der Waals surface area contributed by atoms with Gasteiger partial charge in [-0.15, -0.1) is 12.4 Å². The van der Waals surface area contributed by atoms with Crippen LogP contribution in [0.25, 0.3) is 0 Å². The molecule has 0 radical (unpaired) electrons. The molecule has 2 rings (SSSR count). The van der Waals surface area contributed by atoms with Gasteiger partial charge in [0.2, 0.25) is 0 Å². The summed E-state index contributed by atoms with van der Waals surface area (Å²) in [6.07, 6.45) is 0.271. The molecule has 1 fully saturated rings. The molecule has 0 aromatic heterocycles. The van der Waals surface area contributed by atoms with E-state index in [0.717, 1.165) is 6.54 Å². The Bertz CT molecular complexity index is 354. The second-order valence-corrected chi connectivity index (χ2v) is 4.22. The Morgan fingerprint density at radius 2 is 2.18 bits per heavy atom. The number of aliphatic hydroxyl groups is 1. The van der Waals surface area contributed by atoms with Crippen LogP contribution in [0.15, 0.2) is 24.3 Å². The van der Waals surface area contributed by atoms with E-state index >= 15 is 0 Å². The zero-order chi connectivity index (χ0) is 11.4. The van der Waals surface area contributed by atoms with Crippen molar-refractivity contribution in [1.29, 1.82) is 0 Å². The van der Waals surface area contributed by atoms with Crippen LogP contribution in [0.3, 0.4) is 0 Å². The maximum Gasteiger partial charge on any atom is 0.126 e. The third-order valence-electron chi connectivity index (χ3n) is 2.73. The molecule has 3 nitrogen and oxygen atoms in total. The van der Waals surface area contributed by atoms with Crippen molar-refractivity contribution >= 4 is 12.4 Å². The van der Waals surface area contributed by atoms with Crippen LogP contribution in [-0.2, 0) is 11.2 Å². The summed E-state index contributed by atoms with van der Waals surface area (Å²) in [6.45, 7) is 1.98. The smallest absolute Gasteiger partial charge is 0.126 e. The minimum atomic E-state index is -1.02. The Morgan fingerprint density at radius 1 is 1.41 bits per heavy atom. The molecule has 1 aliphatic rings. The number of hydrogen-bond donors (Lipinski definition) is 2. The summed E-state index contributed by atoms with van der Waals surface area (Å²) in [7, 11) is 0. The fourth-order valence-corrected chi connectivity index (χ4v) is 1.89. The van der Waals surface area contributed by atoms with Crippen LogP contribution < -0.4 is 5.32 Å². The van der Waals surface area contributed by atoms with Crippen molar-refractivity contribution in [2.24, 2.45) is 0 Å². The number of nitrogens with one attached hydrogen (secondary N) is 1. The van der Waals surface area contributed by atoms with Crippen LogP contribution in [0.5, 0.6) is 0 Å². The van der Waals surface area contributed by atoms with Crippen molar-refractivity contribution in [2.45, 2.75) is 12.0 Å². The van der Waals surface area contributed by atoms with Gasteiger partial charge in [-0.05, 0) is 11.6 Å². The van der Waals surface area contributed by atoms with Gasteiger partial charge in [0.1, 0.15) is 11.4 Å². The average molecular weight is 262 g/mol. The van der Waals surface area contributed by atoms with Gasteiger partial charge in [0.25, 0.3) is 0 Å². The number of halogens is 2. The summed E-state index contributed by atoms with van der Waals surface area (Å²) in [5.41, 5.74) is -0.490. The fraction of sp³-hybridized carbons (Fsp3) is 0.500. The van der Waals surface area contributed by atoms with Crippen LogP contribution in [0, 0.1) is 5.82 Å². The molecule has 0 aliphatic carbocycles. The summed E-state index contributed by atoms with van der Waals surface area (Å²) < 4.78 is 18.7. The van der Waals surface area contributed by atoms with Gasteiger partial charge in [-0.2, -0.15) is 0 Å². The van der Waals surface area contributed by atoms with E-state index in [9.17, 15) is 9.50 Å². The third-order valence-corrected chi connectivity index (χ3v) is 2.73. The summed E-state index contributed by atoms with van der Waals surface area (Å²) in [5.74, 6) is -0.278. The number of hydrogen-bond acceptors (Lipinski definition) is 3. The quantitative estimate of drug-likeness (QED) is 0.839. The van der Waals surface area contributed by atoms with E-state index in [-0.39, 0.29) is 31.3 Å². The number of benzene rings is 1. The maximum absolute atomic E-state index is 13.4. The lowest BCUT2D eigenvalue weighted by Gasteiger charge is -2.26. The topological polar surface area (TPSA) is 41.5 Å². The summed E-state index contributed by atoms with van der Waals surface area (Å²) >= 11 is 0. The first kappa shape index (κ1) is 14.4. The summed E-state index contributed by atoms with van der Waals surface area (Å²) in [4.78, 5) is 0. The molecule has 1 aromatic carbocycles. The van der Waals surface area contributed by atoms with Crippen LogP contribution in [0.4, 0.5) is 4.39 Å². The van der Waals surface area contributed by atoms with E-state index < -0.39 is 5.60 Å². The molecular weight excluding hydrogens is 245 g/mol. The van der Waals surface area contributed by atoms with Crippen molar-refractivity contribution in [3.05, 3.63) is 35.6 Å². The van der Waals surface area contributed by atoms with Crippen molar-refractivity contribution < 1.29 is 14.2 Å². The highest BCUT2D eigenvalue weighted by atomic mass is 35.5. The molecule has 0 saturated carbocycles. The molecule has 0 spiro atoms. The van der Waals surface area contributed by atoms with Gasteiger partial charge in [0, 0.05) is 19.5 Å². The Labute approximate surface area is 106 Å². The molecule has 1 unspecified atom stereocenters. The Balaban J connectivity index is 0.00000144. The fourth-order valence-electron chi connectivity index (χ4n) is 1.89. The van der Waals surface area contributed by atoms with Gasteiger partial charge < -0.3 is 15.2 Å². The van der Waals surface area contributed by atoms with Crippen molar-refractivity contribution in [1.82, 2.24) is 5.32 Å². The van der Waals surface area contributed by atoms with Gasteiger partial charge in [0.05, 0.1) is 13.2 Å². The second-order valence-electron chi connectivity index (χ2n) is 4.22. The second kappa shape index (κ2) is 6.31. The normalized spacial score (nSPS) is 24.8. The number of ether oxygens (including phenoxy) is 1. The maximum atomic E-state index is 13.4. The predicted molar refractivity (Wildman–Crippen MR) is 66.0 cm³/mol. The largest absolute Gasteiger partial charge is 0.386 e. The number of rotatable bonds is 2. The van der Waals surface area contributed by atoms with E-state index in [1.165, 1.54) is 6.07 Å². The highest BCUT2D eigenvalue weighted by Crippen LogP contribution is 2.17. The average Bonchev–Trinajstić information content (AvgIpc) is 2.47. The first-order valence-electron chi connectivity index (χ1n) is 5.44. The van der Waals surface area contributed by atoms with Gasteiger partial charge in [-0.1, -0.05) is 18.2 Å². The molecular formula is C12H17ClFNO2. The Kier molecular flexibility index (Phi) is 5.33. The standard InChI is InChI=1S/C12H16FNO2.ClH/c13-11-4-2-1-3-10(11)7-12(15)8-14-5-6-16-9-12;/h1-4,14-15H,5-9H2;1H. The lowest BCUT2D eigenvalue weighted by molar-refractivity contribution is -0.0275. The lowest BCUT2D eigenvalue weighted by Crippen LogP contribution is -2.44. The molecule has 96 valence electrons. The van der Waals surface area contributed by atoms with Crippen LogP contribution in [0.1, 0.15) is 5.56 Å². The van der Waals surface area contributed by atoms with Crippen LogP contribution >= 0.6 is 12.4 Å². The zero-order valence-electron chi connectivity index (χ0n) is 9.49. The van der Waals surface area contributed by atoms with Crippen molar-refractivity contribution in [3.8, 4) is 0 Å². The van der Waals surface area contributed by atoms with Gasteiger partial charge in [0.15, 0.2) is 0 Å². The molecule has 1 atom stereocenters. The Morgan fingerprint density at radius 3 is 2.94 bits per heavy atom. The minimum absolute atomic E-state index is 0. The number of β-amino-alcohol motifs (C(OH)–C–C–N with tert-alkyl or cyclic N) is 1. The summed E-state index contributed by atoms with van der Waals surface area (Å²) in [6, 6.07) is 6.51. The molecule has 5 heteroatoms. The molecule has 1 aliphatic heterocycles. The molecule has 17 heavy (non-hydrogen) atoms. The SMILES string of the molecule is Cl.OC1(Cc2ccccc2F)CNCCOC1. The van der Waals surface area contributed by atoms with Crippen molar-refractivity contribution in [2.75, 3.05) is 26.3 Å². The molecule has 0 amide bonds. The zero-order valence-corrected chi connectivity index (χ0v) is 10.3.